The zero-order valence-electron chi connectivity index (χ0n) is 10.8. The van der Waals surface area contributed by atoms with Crippen molar-refractivity contribution in [2.75, 3.05) is 13.7 Å². The lowest BCUT2D eigenvalue weighted by atomic mass is 10.1. The highest BCUT2D eigenvalue weighted by molar-refractivity contribution is 7.09. The van der Waals surface area contributed by atoms with Gasteiger partial charge < -0.3 is 4.74 Å². The number of nitrogens with one attached hydrogen (secondary N) is 1. The number of rotatable bonds is 6. The fourth-order valence-electron chi connectivity index (χ4n) is 1.85. The lowest BCUT2D eigenvalue weighted by molar-refractivity contribution is 0.413. The van der Waals surface area contributed by atoms with Crippen LogP contribution in [0.4, 0.5) is 0 Å². The van der Waals surface area contributed by atoms with Crippen LogP contribution in [0.25, 0.3) is 0 Å². The van der Waals surface area contributed by atoms with Gasteiger partial charge in [-0.05, 0) is 35.6 Å². The summed E-state index contributed by atoms with van der Waals surface area (Å²) in [6, 6.07) is 13.8. The molecule has 19 heavy (non-hydrogen) atoms. The highest BCUT2D eigenvalue weighted by Gasteiger charge is 2.10. The van der Waals surface area contributed by atoms with Gasteiger partial charge in [0.25, 0.3) is 0 Å². The smallest absolute Gasteiger partial charge is 0.121 e. The molecule has 2 rings (SSSR count). The Morgan fingerprint density at radius 2 is 2.26 bits per heavy atom. The first kappa shape index (κ1) is 13.6. The summed E-state index contributed by atoms with van der Waals surface area (Å²) in [6.07, 6.45) is 0.944. The van der Waals surface area contributed by atoms with E-state index in [1.807, 2.05) is 30.3 Å². The zero-order valence-corrected chi connectivity index (χ0v) is 11.6. The summed E-state index contributed by atoms with van der Waals surface area (Å²) in [7, 11) is 1.63. The molecule has 0 bridgehead atoms. The Labute approximate surface area is 117 Å². The predicted molar refractivity (Wildman–Crippen MR) is 77.4 cm³/mol. The highest BCUT2D eigenvalue weighted by atomic mass is 32.1. The zero-order chi connectivity index (χ0) is 13.5. The summed E-state index contributed by atoms with van der Waals surface area (Å²) in [5, 5.41) is 14.6. The third-order valence-corrected chi connectivity index (χ3v) is 3.79. The van der Waals surface area contributed by atoms with Crippen LogP contribution in [0.5, 0.6) is 5.75 Å². The predicted octanol–water partition coefficient (Wildman–Crippen LogP) is 3.15. The average Bonchev–Trinajstić information content (AvgIpc) is 2.97. The Balaban J connectivity index is 1.94. The summed E-state index contributed by atoms with van der Waals surface area (Å²) in [5.74, 6) is 0.776. The van der Waals surface area contributed by atoms with Crippen LogP contribution in [-0.2, 0) is 6.42 Å². The molecule has 2 aromatic rings. The van der Waals surface area contributed by atoms with E-state index in [0.29, 0.717) is 0 Å². The number of thiophene rings is 1. The van der Waals surface area contributed by atoms with E-state index in [1.165, 1.54) is 4.88 Å². The lowest BCUT2D eigenvalue weighted by Crippen LogP contribution is -2.22. The minimum absolute atomic E-state index is 0.296. The molecule has 0 aliphatic heterocycles. The van der Waals surface area contributed by atoms with E-state index in [2.05, 4.69) is 22.8 Å². The first-order chi connectivity index (χ1) is 9.33. The van der Waals surface area contributed by atoms with Crippen LogP contribution in [0.15, 0.2) is 41.8 Å². The first-order valence-corrected chi connectivity index (χ1v) is 7.01. The Kier molecular flexibility index (Phi) is 4.96. The highest BCUT2D eigenvalue weighted by Crippen LogP contribution is 2.18. The van der Waals surface area contributed by atoms with Gasteiger partial charge in [0.05, 0.1) is 13.2 Å². The normalized spacial score (nSPS) is 11.8. The van der Waals surface area contributed by atoms with E-state index in [0.717, 1.165) is 24.3 Å². The van der Waals surface area contributed by atoms with Crippen LogP contribution < -0.4 is 10.1 Å². The van der Waals surface area contributed by atoms with Gasteiger partial charge in [0.2, 0.25) is 0 Å². The molecule has 1 aromatic carbocycles. The van der Waals surface area contributed by atoms with Gasteiger partial charge in [-0.25, -0.2) is 0 Å². The van der Waals surface area contributed by atoms with Crippen molar-refractivity contribution < 1.29 is 4.74 Å². The van der Waals surface area contributed by atoms with Crippen molar-refractivity contribution in [3.63, 3.8) is 0 Å². The van der Waals surface area contributed by atoms with E-state index in [1.54, 1.807) is 18.4 Å². The second kappa shape index (κ2) is 6.93. The third-order valence-electron chi connectivity index (χ3n) is 2.86. The van der Waals surface area contributed by atoms with Crippen molar-refractivity contribution in [3.05, 3.63) is 52.2 Å². The molecule has 0 spiro atoms. The molecule has 0 amide bonds. The summed E-state index contributed by atoms with van der Waals surface area (Å²) < 4.78 is 5.18. The molecule has 1 N–H and O–H groups in total. The maximum atomic E-state index is 9.25. The lowest BCUT2D eigenvalue weighted by Gasteiger charge is -2.12. The van der Waals surface area contributed by atoms with Crippen LogP contribution in [0.1, 0.15) is 16.5 Å². The van der Waals surface area contributed by atoms with Gasteiger partial charge >= 0.3 is 0 Å². The molecule has 1 atom stereocenters. The van der Waals surface area contributed by atoms with E-state index in [-0.39, 0.29) is 6.04 Å². The Hall–Kier alpha value is -1.83. The number of nitrogens with zero attached hydrogens (tertiary/aromatic N) is 1. The van der Waals surface area contributed by atoms with Crippen LogP contribution in [0, 0.1) is 11.3 Å². The van der Waals surface area contributed by atoms with Crippen LogP contribution in [0.3, 0.4) is 0 Å². The number of hydrogen-bond donors (Lipinski definition) is 1. The maximum Gasteiger partial charge on any atom is 0.121 e. The van der Waals surface area contributed by atoms with Crippen molar-refractivity contribution in [1.82, 2.24) is 5.32 Å². The Morgan fingerprint density at radius 1 is 1.37 bits per heavy atom. The standard InChI is InChI=1S/C15H16N2OS/c1-18-13-5-2-4-12(10-13)15(11-16)17-8-7-14-6-3-9-19-14/h2-6,9-10,15,17H,7-8H2,1H3. The molecule has 0 saturated heterocycles. The van der Waals surface area contributed by atoms with Crippen molar-refractivity contribution in [1.29, 1.82) is 5.26 Å². The van der Waals surface area contributed by atoms with Crippen LogP contribution >= 0.6 is 11.3 Å². The third kappa shape index (κ3) is 3.82. The minimum Gasteiger partial charge on any atom is -0.497 e. The van der Waals surface area contributed by atoms with E-state index >= 15 is 0 Å². The summed E-state index contributed by atoms with van der Waals surface area (Å²) in [6.45, 7) is 0.788. The molecule has 1 unspecified atom stereocenters. The minimum atomic E-state index is -0.296. The van der Waals surface area contributed by atoms with Crippen LogP contribution in [0.2, 0.25) is 0 Å². The largest absolute Gasteiger partial charge is 0.497 e. The Bertz CT molecular complexity index is 546. The quantitative estimate of drug-likeness (QED) is 0.878. The average molecular weight is 272 g/mol. The summed E-state index contributed by atoms with van der Waals surface area (Å²) in [5.41, 5.74) is 0.938. The van der Waals surface area contributed by atoms with Crippen molar-refractivity contribution in [2.24, 2.45) is 0 Å². The van der Waals surface area contributed by atoms with Gasteiger partial charge in [0, 0.05) is 11.4 Å². The van der Waals surface area contributed by atoms with Gasteiger partial charge in [-0.3, -0.25) is 5.32 Å². The number of benzene rings is 1. The maximum absolute atomic E-state index is 9.25. The molecule has 0 fully saturated rings. The molecule has 98 valence electrons. The number of hydrogen-bond acceptors (Lipinski definition) is 4. The summed E-state index contributed by atoms with van der Waals surface area (Å²) >= 11 is 1.74. The molecule has 0 saturated carbocycles. The van der Waals surface area contributed by atoms with Gasteiger partial charge in [0.15, 0.2) is 0 Å². The second-order valence-electron chi connectivity index (χ2n) is 4.12. The molecule has 0 aliphatic carbocycles. The number of nitriles is 1. The monoisotopic (exact) mass is 272 g/mol. The molecule has 1 heterocycles. The molecule has 0 radical (unpaired) electrons. The second-order valence-corrected chi connectivity index (χ2v) is 5.15. The number of methoxy groups -OCH3 is 1. The van der Waals surface area contributed by atoms with Gasteiger partial charge in [0.1, 0.15) is 11.8 Å². The number of ether oxygens (including phenoxy) is 1. The van der Waals surface area contributed by atoms with Crippen LogP contribution in [-0.4, -0.2) is 13.7 Å². The van der Waals surface area contributed by atoms with Crippen molar-refractivity contribution in [3.8, 4) is 11.8 Å². The molecular formula is C15H16N2OS. The molecule has 3 nitrogen and oxygen atoms in total. The molecule has 0 aliphatic rings. The van der Waals surface area contributed by atoms with Crippen molar-refractivity contribution in [2.45, 2.75) is 12.5 Å². The van der Waals surface area contributed by atoms with Gasteiger partial charge in [-0.15, -0.1) is 11.3 Å². The fourth-order valence-corrected chi connectivity index (χ4v) is 2.56. The SMILES string of the molecule is COc1cccc(C(C#N)NCCc2cccs2)c1. The van der Waals surface area contributed by atoms with E-state index in [9.17, 15) is 5.26 Å². The van der Waals surface area contributed by atoms with Gasteiger partial charge in [-0.2, -0.15) is 5.26 Å². The van der Waals surface area contributed by atoms with Gasteiger partial charge in [-0.1, -0.05) is 18.2 Å². The van der Waals surface area contributed by atoms with E-state index < -0.39 is 0 Å². The van der Waals surface area contributed by atoms with Crippen molar-refractivity contribution >= 4 is 11.3 Å². The van der Waals surface area contributed by atoms with E-state index in [4.69, 9.17) is 4.74 Å². The molecule has 4 heteroatoms. The molecule has 1 aromatic heterocycles. The Morgan fingerprint density at radius 3 is 2.95 bits per heavy atom. The molecular weight excluding hydrogens is 256 g/mol. The first-order valence-electron chi connectivity index (χ1n) is 6.13. The summed E-state index contributed by atoms with van der Waals surface area (Å²) in [4.78, 5) is 1.33. The fraction of sp³-hybridized carbons (Fsp3) is 0.267. The topological polar surface area (TPSA) is 45.0 Å².